The maximum atomic E-state index is 12.8. The summed E-state index contributed by atoms with van der Waals surface area (Å²) < 4.78 is 11.7. The van der Waals surface area contributed by atoms with Crippen molar-refractivity contribution in [3.63, 3.8) is 0 Å². The number of carbonyl (C=O) groups excluding carboxylic acids is 2. The van der Waals surface area contributed by atoms with Crippen LogP contribution in [0.2, 0.25) is 0 Å². The lowest BCUT2D eigenvalue weighted by atomic mass is 10.1. The number of ether oxygens (including phenoxy) is 2. The molecule has 6 nitrogen and oxygen atoms in total. The van der Waals surface area contributed by atoms with Crippen molar-refractivity contribution in [1.82, 2.24) is 9.80 Å². The molecule has 0 bridgehead atoms. The van der Waals surface area contributed by atoms with E-state index < -0.39 is 6.10 Å². The van der Waals surface area contributed by atoms with Crippen molar-refractivity contribution in [2.45, 2.75) is 32.5 Å². The summed E-state index contributed by atoms with van der Waals surface area (Å²) in [6, 6.07) is 7.38. The third-order valence-corrected chi connectivity index (χ3v) is 4.34. The normalized spacial score (nSPS) is 24.1. The minimum Gasteiger partial charge on any atom is -0.482 e. The molecule has 1 fully saturated rings. The Kier molecular flexibility index (Phi) is 4.41. The lowest BCUT2D eigenvalue weighted by molar-refractivity contribution is -0.144. The van der Waals surface area contributed by atoms with Crippen LogP contribution in [0.3, 0.4) is 0 Å². The van der Waals surface area contributed by atoms with Gasteiger partial charge in [0.15, 0.2) is 11.5 Å². The Morgan fingerprint density at radius 3 is 2.30 bits per heavy atom. The molecule has 2 aliphatic rings. The Balaban J connectivity index is 1.69. The van der Waals surface area contributed by atoms with E-state index in [0.29, 0.717) is 37.7 Å². The van der Waals surface area contributed by atoms with E-state index in [9.17, 15) is 9.59 Å². The first-order chi connectivity index (χ1) is 11.1. The van der Waals surface area contributed by atoms with Gasteiger partial charge in [-0.2, -0.15) is 0 Å². The number of amides is 2. The quantitative estimate of drug-likeness (QED) is 0.783. The molecule has 0 N–H and O–H groups in total. The van der Waals surface area contributed by atoms with Crippen LogP contribution in [0.4, 0.5) is 0 Å². The predicted octanol–water partition coefficient (Wildman–Crippen LogP) is 1.30. The van der Waals surface area contributed by atoms with Crippen LogP contribution in [-0.4, -0.2) is 60.0 Å². The molecule has 2 amide bonds. The summed E-state index contributed by atoms with van der Waals surface area (Å²) in [5.41, 5.74) is 0. The van der Waals surface area contributed by atoms with Gasteiger partial charge >= 0.3 is 0 Å². The largest absolute Gasteiger partial charge is 0.482 e. The second kappa shape index (κ2) is 6.48. The van der Waals surface area contributed by atoms with Gasteiger partial charge < -0.3 is 19.3 Å². The molecule has 0 radical (unpaired) electrons. The van der Waals surface area contributed by atoms with Crippen LogP contribution in [0.1, 0.15) is 20.3 Å². The van der Waals surface area contributed by atoms with Crippen molar-refractivity contribution in [2.75, 3.05) is 26.2 Å². The maximum Gasteiger partial charge on any atom is 0.267 e. The van der Waals surface area contributed by atoms with E-state index in [-0.39, 0.29) is 17.9 Å². The number of hydrogen-bond acceptors (Lipinski definition) is 4. The molecule has 6 heteroatoms. The molecule has 1 aromatic carbocycles. The van der Waals surface area contributed by atoms with Crippen LogP contribution in [0.25, 0.3) is 0 Å². The van der Waals surface area contributed by atoms with Gasteiger partial charge in [-0.1, -0.05) is 12.1 Å². The molecule has 1 aromatic rings. The van der Waals surface area contributed by atoms with Crippen molar-refractivity contribution in [2.24, 2.45) is 0 Å². The number of hydrogen-bond donors (Lipinski definition) is 0. The Labute approximate surface area is 136 Å². The third-order valence-electron chi connectivity index (χ3n) is 4.34. The smallest absolute Gasteiger partial charge is 0.267 e. The highest BCUT2D eigenvalue weighted by Gasteiger charge is 2.37. The van der Waals surface area contributed by atoms with Crippen molar-refractivity contribution in [1.29, 1.82) is 0 Å². The molecule has 23 heavy (non-hydrogen) atoms. The summed E-state index contributed by atoms with van der Waals surface area (Å²) in [6.07, 6.45) is -0.206. The van der Waals surface area contributed by atoms with Gasteiger partial charge in [0.25, 0.3) is 5.91 Å². The lowest BCUT2D eigenvalue weighted by Gasteiger charge is -2.34. The van der Waals surface area contributed by atoms with Crippen LogP contribution in [0, 0.1) is 0 Å². The highest BCUT2D eigenvalue weighted by atomic mass is 16.6. The Bertz CT molecular complexity index is 604. The van der Waals surface area contributed by atoms with Gasteiger partial charge in [0.1, 0.15) is 6.10 Å². The van der Waals surface area contributed by atoms with E-state index in [2.05, 4.69) is 0 Å². The van der Waals surface area contributed by atoms with E-state index in [0.717, 1.165) is 6.42 Å². The van der Waals surface area contributed by atoms with Crippen molar-refractivity contribution < 1.29 is 19.1 Å². The SMILES string of the molecule is CC(=O)N1CCCN(C(=O)[C@H]2Oc3ccccc3O[C@H]2C)CC1. The van der Waals surface area contributed by atoms with Crippen molar-refractivity contribution >= 4 is 11.8 Å². The fourth-order valence-electron chi connectivity index (χ4n) is 3.02. The number of benzene rings is 1. The van der Waals surface area contributed by atoms with Crippen LogP contribution in [0.15, 0.2) is 24.3 Å². The molecule has 2 aliphatic heterocycles. The summed E-state index contributed by atoms with van der Waals surface area (Å²) in [5.74, 6) is 1.25. The van der Waals surface area contributed by atoms with Crippen molar-refractivity contribution in [3.05, 3.63) is 24.3 Å². The minimum absolute atomic E-state index is 0.0545. The summed E-state index contributed by atoms with van der Waals surface area (Å²) in [6.45, 7) is 5.84. The molecule has 0 unspecified atom stereocenters. The van der Waals surface area contributed by atoms with Crippen LogP contribution < -0.4 is 9.47 Å². The molecule has 0 aromatic heterocycles. The van der Waals surface area contributed by atoms with E-state index >= 15 is 0 Å². The Morgan fingerprint density at radius 1 is 1.00 bits per heavy atom. The molecular formula is C17H22N2O4. The number of fused-ring (bicyclic) bond motifs is 1. The first-order valence-corrected chi connectivity index (χ1v) is 8.03. The van der Waals surface area contributed by atoms with E-state index in [1.54, 1.807) is 22.8 Å². The number of nitrogens with zero attached hydrogens (tertiary/aromatic N) is 2. The first-order valence-electron chi connectivity index (χ1n) is 8.03. The Morgan fingerprint density at radius 2 is 1.61 bits per heavy atom. The predicted molar refractivity (Wildman–Crippen MR) is 84.4 cm³/mol. The topological polar surface area (TPSA) is 59.1 Å². The van der Waals surface area contributed by atoms with Crippen molar-refractivity contribution in [3.8, 4) is 11.5 Å². The van der Waals surface area contributed by atoms with Gasteiger partial charge in [-0.15, -0.1) is 0 Å². The zero-order chi connectivity index (χ0) is 16.4. The lowest BCUT2D eigenvalue weighted by Crippen LogP contribution is -2.51. The average Bonchev–Trinajstić information content (AvgIpc) is 2.79. The second-order valence-electron chi connectivity index (χ2n) is 5.99. The van der Waals surface area contributed by atoms with Gasteiger partial charge in [0, 0.05) is 33.1 Å². The molecule has 0 spiro atoms. The van der Waals surface area contributed by atoms with Gasteiger partial charge in [0.2, 0.25) is 12.0 Å². The minimum atomic E-state index is -0.645. The summed E-state index contributed by atoms with van der Waals surface area (Å²) >= 11 is 0. The number of carbonyl (C=O) groups is 2. The van der Waals surface area contributed by atoms with Gasteiger partial charge in [-0.05, 0) is 25.5 Å². The summed E-state index contributed by atoms with van der Waals surface area (Å²) in [4.78, 5) is 27.9. The molecule has 2 heterocycles. The monoisotopic (exact) mass is 318 g/mol. The summed E-state index contributed by atoms with van der Waals surface area (Å²) in [7, 11) is 0. The average molecular weight is 318 g/mol. The standard InChI is InChI=1S/C17H22N2O4/c1-12-16(23-15-7-4-3-6-14(15)22-12)17(21)19-9-5-8-18(10-11-19)13(2)20/h3-4,6-7,12,16H,5,8-11H2,1-2H3/t12-,16-/m0/s1. The van der Waals surface area contributed by atoms with Gasteiger partial charge in [0.05, 0.1) is 0 Å². The summed E-state index contributed by atoms with van der Waals surface area (Å²) in [5, 5.41) is 0. The fourth-order valence-corrected chi connectivity index (χ4v) is 3.02. The van der Waals surface area contributed by atoms with Crippen LogP contribution in [-0.2, 0) is 9.59 Å². The van der Waals surface area contributed by atoms with Gasteiger partial charge in [-0.25, -0.2) is 0 Å². The van der Waals surface area contributed by atoms with E-state index in [1.807, 2.05) is 25.1 Å². The Hall–Kier alpha value is -2.24. The zero-order valence-corrected chi connectivity index (χ0v) is 13.5. The van der Waals surface area contributed by atoms with E-state index in [1.165, 1.54) is 0 Å². The van der Waals surface area contributed by atoms with Crippen LogP contribution in [0.5, 0.6) is 11.5 Å². The molecule has 3 rings (SSSR count). The van der Waals surface area contributed by atoms with E-state index in [4.69, 9.17) is 9.47 Å². The van der Waals surface area contributed by atoms with Crippen LogP contribution >= 0.6 is 0 Å². The second-order valence-corrected chi connectivity index (χ2v) is 5.99. The number of para-hydroxylation sites is 2. The molecule has 2 atom stereocenters. The molecule has 0 aliphatic carbocycles. The number of rotatable bonds is 1. The third kappa shape index (κ3) is 3.25. The van der Waals surface area contributed by atoms with Gasteiger partial charge in [-0.3, -0.25) is 9.59 Å². The highest BCUT2D eigenvalue weighted by molar-refractivity contribution is 5.82. The fraction of sp³-hybridized carbons (Fsp3) is 0.529. The molecule has 124 valence electrons. The zero-order valence-electron chi connectivity index (χ0n) is 13.5. The highest BCUT2D eigenvalue weighted by Crippen LogP contribution is 2.33. The molecule has 1 saturated heterocycles. The maximum absolute atomic E-state index is 12.8. The molecular weight excluding hydrogens is 296 g/mol. The molecule has 0 saturated carbocycles. The first kappa shape index (κ1) is 15.6.